The van der Waals surface area contributed by atoms with Crippen molar-refractivity contribution < 1.29 is 0 Å². The van der Waals surface area contributed by atoms with Gasteiger partial charge in [-0.1, -0.05) is 57.4 Å². The monoisotopic (exact) mass is 436 g/mol. The highest BCUT2D eigenvalue weighted by Gasteiger charge is 2.72. The minimum absolute atomic E-state index is 0.480. The first-order valence-corrected chi connectivity index (χ1v) is 14.5. The van der Waals surface area contributed by atoms with Crippen LogP contribution in [0.15, 0.2) is 22.8 Å². The van der Waals surface area contributed by atoms with Gasteiger partial charge in [0.25, 0.3) is 0 Å². The average Bonchev–Trinajstić information content (AvgIpc) is 3.00. The van der Waals surface area contributed by atoms with Crippen molar-refractivity contribution in [2.45, 2.75) is 138 Å². The molecule has 3 fully saturated rings. The summed E-state index contributed by atoms with van der Waals surface area (Å²) in [6.45, 7) is 17.9. The average molecular weight is 437 g/mol. The molecule has 0 aliphatic heterocycles. The summed E-state index contributed by atoms with van der Waals surface area (Å²) in [6.07, 6.45) is 22.8. The zero-order valence-corrected chi connectivity index (χ0v) is 22.6. The first-order valence-electron chi connectivity index (χ1n) is 14.5. The lowest BCUT2D eigenvalue weighted by Crippen LogP contribution is -2.67. The molecule has 0 heteroatoms. The van der Waals surface area contributed by atoms with Gasteiger partial charge in [0, 0.05) is 0 Å². The molecule has 0 aromatic carbocycles. The van der Waals surface area contributed by atoms with E-state index in [1.54, 1.807) is 0 Å². The van der Waals surface area contributed by atoms with Gasteiger partial charge in [-0.05, 0) is 143 Å². The van der Waals surface area contributed by atoms with E-state index in [4.69, 9.17) is 0 Å². The van der Waals surface area contributed by atoms with Crippen molar-refractivity contribution >= 4 is 0 Å². The molecule has 0 nitrogen and oxygen atoms in total. The molecule has 7 atom stereocenters. The third kappa shape index (κ3) is 2.62. The van der Waals surface area contributed by atoms with Gasteiger partial charge in [0.1, 0.15) is 0 Å². The van der Waals surface area contributed by atoms with Gasteiger partial charge >= 0.3 is 0 Å². The summed E-state index contributed by atoms with van der Waals surface area (Å²) in [4.78, 5) is 0. The third-order valence-corrected chi connectivity index (χ3v) is 13.5. The quantitative estimate of drug-likeness (QED) is 0.297. The highest BCUT2D eigenvalue weighted by molar-refractivity contribution is 5.42. The number of fused-ring (bicyclic) bond motifs is 3. The molecule has 180 valence electrons. The van der Waals surface area contributed by atoms with Crippen LogP contribution in [-0.4, -0.2) is 0 Å². The number of unbranched alkanes of at least 4 members (excludes halogenated alkanes) is 1. The van der Waals surface area contributed by atoms with Crippen molar-refractivity contribution in [1.29, 1.82) is 0 Å². The predicted molar refractivity (Wildman–Crippen MR) is 139 cm³/mol. The molecule has 5 aliphatic rings. The fourth-order valence-electron chi connectivity index (χ4n) is 11.2. The van der Waals surface area contributed by atoms with Gasteiger partial charge in [-0.3, -0.25) is 0 Å². The molecule has 0 aromatic rings. The maximum atomic E-state index is 2.77. The summed E-state index contributed by atoms with van der Waals surface area (Å²) in [5.74, 6) is 1.89. The van der Waals surface area contributed by atoms with E-state index in [0.717, 1.165) is 11.8 Å². The second kappa shape index (κ2) is 7.49. The van der Waals surface area contributed by atoms with Gasteiger partial charge in [0.2, 0.25) is 0 Å². The topological polar surface area (TPSA) is 0 Å². The highest BCUT2D eigenvalue weighted by atomic mass is 14.8. The number of hydrogen-bond acceptors (Lipinski definition) is 0. The van der Waals surface area contributed by atoms with Crippen LogP contribution >= 0.6 is 0 Å². The Morgan fingerprint density at radius 1 is 0.875 bits per heavy atom. The maximum Gasteiger partial charge on any atom is -0.00515 e. The largest absolute Gasteiger partial charge is 0.0859 e. The van der Waals surface area contributed by atoms with E-state index >= 15 is 0 Å². The first-order chi connectivity index (χ1) is 15.1. The van der Waals surface area contributed by atoms with Crippen molar-refractivity contribution in [3.05, 3.63) is 22.8 Å². The van der Waals surface area contributed by atoms with Gasteiger partial charge < -0.3 is 0 Å². The van der Waals surface area contributed by atoms with Crippen LogP contribution in [-0.2, 0) is 0 Å². The Morgan fingerprint density at radius 3 is 2.22 bits per heavy atom. The van der Waals surface area contributed by atoms with Crippen LogP contribution in [0.25, 0.3) is 0 Å². The fraction of sp³-hybridized carbons (Fsp3) is 0.875. The van der Waals surface area contributed by atoms with Crippen molar-refractivity contribution in [3.8, 4) is 0 Å². The zero-order chi connectivity index (χ0) is 23.0. The Bertz CT molecular complexity index is 821. The van der Waals surface area contributed by atoms with Crippen LogP contribution in [0, 0.1) is 38.9 Å². The predicted octanol–water partition coefficient (Wildman–Crippen LogP) is 10.0. The Labute approximate surface area is 200 Å². The summed E-state index contributed by atoms with van der Waals surface area (Å²) < 4.78 is 0. The number of rotatable bonds is 5. The lowest BCUT2D eigenvalue weighted by Gasteiger charge is -2.76. The van der Waals surface area contributed by atoms with Crippen LogP contribution < -0.4 is 0 Å². The minimum atomic E-state index is 0.480. The van der Waals surface area contributed by atoms with Gasteiger partial charge in [-0.25, -0.2) is 0 Å². The molecule has 5 aliphatic carbocycles. The molecule has 0 bridgehead atoms. The first kappa shape index (κ1) is 23.2. The molecular weight excluding hydrogens is 384 g/mol. The van der Waals surface area contributed by atoms with E-state index in [-0.39, 0.29) is 0 Å². The van der Waals surface area contributed by atoms with Crippen LogP contribution in [0.1, 0.15) is 138 Å². The van der Waals surface area contributed by atoms with Crippen molar-refractivity contribution in [2.24, 2.45) is 38.9 Å². The second-order valence-electron chi connectivity index (χ2n) is 14.0. The van der Waals surface area contributed by atoms with Crippen LogP contribution in [0.2, 0.25) is 0 Å². The Balaban J connectivity index is 1.47. The Kier molecular flexibility index (Phi) is 5.44. The molecule has 5 rings (SSSR count). The SMILES string of the molecule is CCC12CCC13CCC1=C(CCC4(C)C(CCCC=C(C)C)CCC14C)C3(C)CC[C@@H]2C. The van der Waals surface area contributed by atoms with Gasteiger partial charge in [0.05, 0.1) is 0 Å². The smallest absolute Gasteiger partial charge is 0.00515 e. The van der Waals surface area contributed by atoms with Crippen molar-refractivity contribution in [2.75, 3.05) is 0 Å². The lowest BCUT2D eigenvalue weighted by molar-refractivity contribution is -0.230. The summed E-state index contributed by atoms with van der Waals surface area (Å²) in [7, 11) is 0. The summed E-state index contributed by atoms with van der Waals surface area (Å²) in [5.41, 5.74) is 8.32. The van der Waals surface area contributed by atoms with Crippen LogP contribution in [0.4, 0.5) is 0 Å². The van der Waals surface area contributed by atoms with E-state index in [0.29, 0.717) is 27.1 Å². The summed E-state index contributed by atoms with van der Waals surface area (Å²) in [6, 6.07) is 0. The molecule has 0 saturated heterocycles. The molecular formula is C32H52. The molecule has 0 N–H and O–H groups in total. The molecule has 32 heavy (non-hydrogen) atoms. The standard InChI is InChI=1S/C32H52/c1-8-31-21-22-32(31)20-16-26-27(30(32,7)17-13-24(31)4)15-19-28(5)25(14-18-29(26,28)6)12-10-9-11-23(2)3/h11,24-25H,8-10,12-22H2,1-7H3/t24-,25?,28?,29?,30?,31?,32?/m0/s1. The van der Waals surface area contributed by atoms with E-state index in [1.807, 2.05) is 11.1 Å². The molecule has 3 saturated carbocycles. The van der Waals surface area contributed by atoms with Gasteiger partial charge in [0.15, 0.2) is 0 Å². The molecule has 1 spiro atoms. The zero-order valence-electron chi connectivity index (χ0n) is 22.6. The van der Waals surface area contributed by atoms with Gasteiger partial charge in [-0.15, -0.1) is 0 Å². The fourth-order valence-corrected chi connectivity index (χ4v) is 11.2. The molecule has 0 aromatic heterocycles. The highest BCUT2D eigenvalue weighted by Crippen LogP contribution is 2.81. The van der Waals surface area contributed by atoms with Gasteiger partial charge in [-0.2, -0.15) is 0 Å². The second-order valence-corrected chi connectivity index (χ2v) is 14.0. The molecule has 6 unspecified atom stereocenters. The third-order valence-electron chi connectivity index (χ3n) is 13.5. The number of allylic oxidation sites excluding steroid dienone is 4. The van der Waals surface area contributed by atoms with E-state index in [2.05, 4.69) is 54.5 Å². The lowest BCUT2D eigenvalue weighted by atomic mass is 9.28. The Hall–Kier alpha value is -0.520. The van der Waals surface area contributed by atoms with Crippen LogP contribution in [0.3, 0.4) is 0 Å². The molecule has 0 heterocycles. The van der Waals surface area contributed by atoms with Crippen molar-refractivity contribution in [1.82, 2.24) is 0 Å². The maximum absolute atomic E-state index is 2.77. The van der Waals surface area contributed by atoms with E-state index in [9.17, 15) is 0 Å². The van der Waals surface area contributed by atoms with E-state index < -0.39 is 0 Å². The summed E-state index contributed by atoms with van der Waals surface area (Å²) >= 11 is 0. The normalized spacial score (nSPS) is 49.5. The van der Waals surface area contributed by atoms with E-state index in [1.165, 1.54) is 95.5 Å². The Morgan fingerprint density at radius 2 is 1.56 bits per heavy atom. The van der Waals surface area contributed by atoms with Crippen molar-refractivity contribution in [3.63, 3.8) is 0 Å². The summed E-state index contributed by atoms with van der Waals surface area (Å²) in [5, 5.41) is 0. The molecule has 0 radical (unpaired) electrons. The van der Waals surface area contributed by atoms with Crippen LogP contribution in [0.5, 0.6) is 0 Å². The number of hydrogen-bond donors (Lipinski definition) is 0. The minimum Gasteiger partial charge on any atom is -0.0859 e. The molecule has 0 amide bonds.